The van der Waals surface area contributed by atoms with Crippen molar-refractivity contribution in [1.82, 2.24) is 5.32 Å². The Morgan fingerprint density at radius 1 is 1.47 bits per heavy atom. The fourth-order valence-electron chi connectivity index (χ4n) is 1.34. The molecule has 19 heavy (non-hydrogen) atoms. The molecule has 0 bridgehead atoms. The van der Waals surface area contributed by atoms with Crippen molar-refractivity contribution in [1.29, 1.82) is 0 Å². The number of carbonyl (C=O) groups excluding carboxylic acids is 1. The van der Waals surface area contributed by atoms with Crippen molar-refractivity contribution in [2.24, 2.45) is 5.73 Å². The highest BCUT2D eigenvalue weighted by Crippen LogP contribution is 2.00. The summed E-state index contributed by atoms with van der Waals surface area (Å²) in [6.45, 7) is 1.90. The monoisotopic (exact) mass is 262 g/mol. The van der Waals surface area contributed by atoms with Crippen LogP contribution in [-0.4, -0.2) is 29.9 Å². The Bertz CT molecular complexity index is 451. The Hall–Kier alpha value is -2.03. The van der Waals surface area contributed by atoms with Gasteiger partial charge in [0.25, 0.3) is 0 Å². The van der Waals surface area contributed by atoms with Gasteiger partial charge in [-0.1, -0.05) is 36.3 Å². The van der Waals surface area contributed by atoms with Crippen molar-refractivity contribution in [2.45, 2.75) is 25.7 Å². The average Bonchev–Trinajstić information content (AvgIpc) is 2.43. The first-order chi connectivity index (χ1) is 9.13. The topological polar surface area (TPSA) is 84.6 Å². The predicted molar refractivity (Wildman–Crippen MR) is 72.1 cm³/mol. The smallest absolute Gasteiger partial charge is 0.407 e. The largest absolute Gasteiger partial charge is 0.445 e. The van der Waals surface area contributed by atoms with Gasteiger partial charge in [-0.05, 0) is 12.5 Å². The molecule has 0 unspecified atom stereocenters. The second-order valence-corrected chi connectivity index (χ2v) is 3.95. The minimum Gasteiger partial charge on any atom is -0.445 e. The number of aliphatic hydroxyl groups is 1. The molecule has 0 heterocycles. The fraction of sp³-hybridized carbons (Fsp3) is 0.357. The van der Waals surface area contributed by atoms with E-state index in [0.717, 1.165) is 5.56 Å². The van der Waals surface area contributed by atoms with E-state index in [4.69, 9.17) is 10.5 Å². The second-order valence-electron chi connectivity index (χ2n) is 3.95. The number of alkyl carbamates (subject to hydrolysis) is 1. The van der Waals surface area contributed by atoms with Gasteiger partial charge in [-0.2, -0.15) is 0 Å². The van der Waals surface area contributed by atoms with E-state index in [1.54, 1.807) is 6.92 Å². The minimum absolute atomic E-state index is 0.101. The maximum Gasteiger partial charge on any atom is 0.407 e. The molecule has 1 amide bonds. The zero-order valence-corrected chi connectivity index (χ0v) is 10.8. The number of benzene rings is 1. The van der Waals surface area contributed by atoms with Crippen molar-refractivity contribution in [3.05, 3.63) is 35.9 Å². The highest BCUT2D eigenvalue weighted by atomic mass is 16.5. The van der Waals surface area contributed by atoms with Crippen LogP contribution in [0.3, 0.4) is 0 Å². The van der Waals surface area contributed by atoms with Gasteiger partial charge in [0.05, 0.1) is 6.04 Å². The molecule has 0 aliphatic heterocycles. The van der Waals surface area contributed by atoms with Crippen LogP contribution in [0.1, 0.15) is 12.5 Å². The van der Waals surface area contributed by atoms with Crippen LogP contribution >= 0.6 is 0 Å². The zero-order chi connectivity index (χ0) is 14.1. The van der Waals surface area contributed by atoms with E-state index in [0.29, 0.717) is 0 Å². The van der Waals surface area contributed by atoms with E-state index in [9.17, 15) is 9.90 Å². The number of hydrogen-bond donors (Lipinski definition) is 3. The SMILES string of the molecule is CC#C[C@H](O)[C@@H](N)CNC(=O)OCc1ccccc1. The van der Waals surface area contributed by atoms with Crippen LogP contribution in [0, 0.1) is 11.8 Å². The molecule has 0 fully saturated rings. The summed E-state index contributed by atoms with van der Waals surface area (Å²) in [5.41, 5.74) is 6.54. The van der Waals surface area contributed by atoms with Gasteiger partial charge in [0, 0.05) is 6.54 Å². The Balaban J connectivity index is 2.26. The van der Waals surface area contributed by atoms with Crippen molar-refractivity contribution in [3.63, 3.8) is 0 Å². The molecule has 0 aliphatic carbocycles. The first-order valence-electron chi connectivity index (χ1n) is 5.94. The van der Waals surface area contributed by atoms with Gasteiger partial charge in [0.2, 0.25) is 0 Å². The second kappa shape index (κ2) is 8.14. The Labute approximate surface area is 112 Å². The average molecular weight is 262 g/mol. The molecule has 2 atom stereocenters. The molecule has 1 aromatic carbocycles. The lowest BCUT2D eigenvalue weighted by Gasteiger charge is -2.14. The maximum absolute atomic E-state index is 11.4. The standard InChI is InChI=1S/C14H18N2O3/c1-2-6-13(17)12(15)9-16-14(18)19-10-11-7-4-3-5-8-11/h3-5,7-8,12-13,17H,9-10,15H2,1H3,(H,16,18)/t12-,13-/m0/s1. The quantitative estimate of drug-likeness (QED) is 0.679. The van der Waals surface area contributed by atoms with Crippen LogP contribution in [-0.2, 0) is 11.3 Å². The number of aliphatic hydroxyl groups excluding tert-OH is 1. The molecule has 1 aromatic rings. The van der Waals surface area contributed by atoms with E-state index < -0.39 is 18.2 Å². The summed E-state index contributed by atoms with van der Waals surface area (Å²) in [7, 11) is 0. The van der Waals surface area contributed by atoms with E-state index in [1.165, 1.54) is 0 Å². The molecule has 0 aliphatic rings. The van der Waals surface area contributed by atoms with Gasteiger partial charge in [0.1, 0.15) is 12.7 Å². The molecule has 0 saturated carbocycles. The Morgan fingerprint density at radius 3 is 2.79 bits per heavy atom. The molecule has 5 nitrogen and oxygen atoms in total. The Kier molecular flexibility index (Phi) is 6.44. The first kappa shape index (κ1) is 15.0. The summed E-state index contributed by atoms with van der Waals surface area (Å²) in [6.07, 6.45) is -1.53. The third-order valence-corrected chi connectivity index (χ3v) is 2.39. The summed E-state index contributed by atoms with van der Waals surface area (Å²) in [6, 6.07) is 8.70. The van der Waals surface area contributed by atoms with Gasteiger partial charge >= 0.3 is 6.09 Å². The lowest BCUT2D eigenvalue weighted by Crippen LogP contribution is -2.44. The summed E-state index contributed by atoms with van der Waals surface area (Å²) >= 11 is 0. The summed E-state index contributed by atoms with van der Waals surface area (Å²) in [5.74, 6) is 5.07. The fourth-order valence-corrected chi connectivity index (χ4v) is 1.34. The molecule has 102 valence electrons. The number of rotatable bonds is 5. The summed E-state index contributed by atoms with van der Waals surface area (Å²) in [4.78, 5) is 11.4. The third kappa shape index (κ3) is 5.91. The van der Waals surface area contributed by atoms with Crippen LogP contribution in [0.25, 0.3) is 0 Å². The minimum atomic E-state index is -0.959. The number of hydrogen-bond acceptors (Lipinski definition) is 4. The van der Waals surface area contributed by atoms with Crippen molar-refractivity contribution in [3.8, 4) is 11.8 Å². The Morgan fingerprint density at radius 2 is 2.16 bits per heavy atom. The first-order valence-corrected chi connectivity index (χ1v) is 5.94. The van der Waals surface area contributed by atoms with Gasteiger partial charge in [0.15, 0.2) is 0 Å². The van der Waals surface area contributed by atoms with E-state index in [2.05, 4.69) is 17.2 Å². The molecule has 4 N–H and O–H groups in total. The highest BCUT2D eigenvalue weighted by molar-refractivity contribution is 5.67. The van der Waals surface area contributed by atoms with Crippen LogP contribution in [0.5, 0.6) is 0 Å². The molecule has 0 aromatic heterocycles. The number of nitrogens with one attached hydrogen (secondary N) is 1. The van der Waals surface area contributed by atoms with Crippen LogP contribution < -0.4 is 11.1 Å². The highest BCUT2D eigenvalue weighted by Gasteiger charge is 2.13. The summed E-state index contributed by atoms with van der Waals surface area (Å²) in [5, 5.41) is 11.9. The third-order valence-electron chi connectivity index (χ3n) is 2.39. The molecule has 5 heteroatoms. The number of ether oxygens (including phenoxy) is 1. The number of nitrogens with two attached hydrogens (primary N) is 1. The summed E-state index contributed by atoms with van der Waals surface area (Å²) < 4.78 is 4.99. The molecule has 0 saturated heterocycles. The molecular formula is C14H18N2O3. The molecular weight excluding hydrogens is 244 g/mol. The maximum atomic E-state index is 11.4. The van der Waals surface area contributed by atoms with Gasteiger partial charge < -0.3 is 20.9 Å². The van der Waals surface area contributed by atoms with E-state index in [-0.39, 0.29) is 13.2 Å². The lowest BCUT2D eigenvalue weighted by atomic mass is 10.2. The van der Waals surface area contributed by atoms with Crippen molar-refractivity contribution < 1.29 is 14.6 Å². The number of amides is 1. The van der Waals surface area contributed by atoms with Crippen LogP contribution in [0.2, 0.25) is 0 Å². The number of carbonyl (C=O) groups is 1. The van der Waals surface area contributed by atoms with Gasteiger partial charge in [-0.15, -0.1) is 5.92 Å². The van der Waals surface area contributed by atoms with Crippen LogP contribution in [0.15, 0.2) is 30.3 Å². The lowest BCUT2D eigenvalue weighted by molar-refractivity contribution is 0.135. The van der Waals surface area contributed by atoms with Crippen molar-refractivity contribution in [2.75, 3.05) is 6.54 Å². The molecule has 1 rings (SSSR count). The molecule has 0 spiro atoms. The van der Waals surface area contributed by atoms with Gasteiger partial charge in [-0.3, -0.25) is 0 Å². The van der Waals surface area contributed by atoms with Crippen molar-refractivity contribution >= 4 is 6.09 Å². The van der Waals surface area contributed by atoms with Crippen LogP contribution in [0.4, 0.5) is 4.79 Å². The van der Waals surface area contributed by atoms with E-state index >= 15 is 0 Å². The zero-order valence-electron chi connectivity index (χ0n) is 10.8. The molecule has 0 radical (unpaired) electrons. The van der Waals surface area contributed by atoms with Gasteiger partial charge in [-0.25, -0.2) is 4.79 Å². The predicted octanol–water partition coefficient (Wildman–Crippen LogP) is 0.624. The normalized spacial score (nSPS) is 12.8. The van der Waals surface area contributed by atoms with E-state index in [1.807, 2.05) is 30.3 Å².